The normalized spacial score (nSPS) is 11.7. The second-order valence-corrected chi connectivity index (χ2v) is 7.82. The molecular formula is C22H19BrN4O3. The monoisotopic (exact) mass is 466 g/mol. The van der Waals surface area contributed by atoms with E-state index in [2.05, 4.69) is 26.0 Å². The largest absolute Gasteiger partial charge is 0.480 e. The molecule has 2 aromatic carbocycles. The molecule has 0 bridgehead atoms. The highest BCUT2D eigenvalue weighted by atomic mass is 79.9. The number of benzene rings is 2. The van der Waals surface area contributed by atoms with Crippen molar-refractivity contribution in [3.05, 3.63) is 74.4 Å². The minimum absolute atomic E-state index is 0.147. The quantitative estimate of drug-likeness (QED) is 0.450. The smallest absolute Gasteiger partial charge is 0.323 e. The van der Waals surface area contributed by atoms with Crippen molar-refractivity contribution >= 4 is 49.9 Å². The number of aromatic nitrogens is 3. The number of carboxylic acid groups (broad SMARTS) is 1. The Labute approximate surface area is 180 Å². The molecule has 4 aromatic rings. The van der Waals surface area contributed by atoms with Gasteiger partial charge in [0, 0.05) is 33.1 Å². The first kappa shape index (κ1) is 20.0. The fourth-order valence-corrected chi connectivity index (χ4v) is 3.98. The lowest BCUT2D eigenvalue weighted by Gasteiger charge is -2.08. The molecule has 7 nitrogen and oxygen atoms in total. The molecule has 0 saturated carbocycles. The molecule has 1 N–H and O–H groups in total. The van der Waals surface area contributed by atoms with E-state index >= 15 is 0 Å². The molecule has 0 saturated heterocycles. The van der Waals surface area contributed by atoms with Gasteiger partial charge in [-0.3, -0.25) is 9.59 Å². The van der Waals surface area contributed by atoms with E-state index in [0.717, 1.165) is 26.6 Å². The zero-order valence-corrected chi connectivity index (χ0v) is 18.0. The van der Waals surface area contributed by atoms with Gasteiger partial charge in [0.05, 0.1) is 17.1 Å². The lowest BCUT2D eigenvalue weighted by atomic mass is 10.1. The summed E-state index contributed by atoms with van der Waals surface area (Å²) >= 11 is 3.40. The molecular weight excluding hydrogens is 448 g/mol. The van der Waals surface area contributed by atoms with Crippen LogP contribution in [-0.4, -0.2) is 31.5 Å². The van der Waals surface area contributed by atoms with Crippen LogP contribution >= 0.6 is 15.9 Å². The third kappa shape index (κ3) is 3.43. The van der Waals surface area contributed by atoms with E-state index < -0.39 is 5.97 Å². The van der Waals surface area contributed by atoms with Gasteiger partial charge in [0.2, 0.25) is 0 Å². The summed E-state index contributed by atoms with van der Waals surface area (Å²) in [5.41, 5.74) is 2.73. The van der Waals surface area contributed by atoms with Gasteiger partial charge in [-0.25, -0.2) is 4.98 Å². The summed E-state index contributed by atoms with van der Waals surface area (Å²) in [5, 5.41) is 15.1. The predicted molar refractivity (Wildman–Crippen MR) is 120 cm³/mol. The lowest BCUT2D eigenvalue weighted by molar-refractivity contribution is -0.137. The first-order valence-corrected chi connectivity index (χ1v) is 10.2. The van der Waals surface area contributed by atoms with Crippen molar-refractivity contribution in [2.75, 3.05) is 0 Å². The van der Waals surface area contributed by atoms with Crippen LogP contribution in [0.2, 0.25) is 0 Å². The fraction of sp³-hybridized carbons (Fsp3) is 0.182. The predicted octanol–water partition coefficient (Wildman–Crippen LogP) is 3.95. The molecule has 0 amide bonds. The van der Waals surface area contributed by atoms with Crippen LogP contribution in [-0.2, 0) is 17.8 Å². The van der Waals surface area contributed by atoms with Gasteiger partial charge in [0.15, 0.2) is 0 Å². The molecule has 0 unspecified atom stereocenters. The molecule has 2 heterocycles. The number of halogens is 1. The molecule has 8 heteroatoms. The van der Waals surface area contributed by atoms with Crippen LogP contribution in [0.15, 0.2) is 56.8 Å². The van der Waals surface area contributed by atoms with E-state index in [4.69, 9.17) is 0 Å². The number of carbonyl (C=O) groups is 1. The van der Waals surface area contributed by atoms with Gasteiger partial charge in [-0.2, -0.15) is 9.78 Å². The minimum atomic E-state index is -0.920. The summed E-state index contributed by atoms with van der Waals surface area (Å²) in [6, 6.07) is 12.9. The van der Waals surface area contributed by atoms with Crippen molar-refractivity contribution < 1.29 is 9.90 Å². The highest BCUT2D eigenvalue weighted by molar-refractivity contribution is 9.10. The first-order valence-electron chi connectivity index (χ1n) is 9.46. The molecule has 0 fully saturated rings. The number of fused-ring (bicyclic) bond motifs is 2. The molecule has 0 aliphatic carbocycles. The van der Waals surface area contributed by atoms with E-state index in [1.807, 2.05) is 44.2 Å². The Morgan fingerprint density at radius 2 is 2.00 bits per heavy atom. The Balaban J connectivity index is 1.91. The van der Waals surface area contributed by atoms with Gasteiger partial charge in [0.25, 0.3) is 5.56 Å². The van der Waals surface area contributed by atoms with E-state index in [0.29, 0.717) is 23.1 Å². The Kier molecular flexibility index (Phi) is 5.26. The average molecular weight is 467 g/mol. The maximum absolute atomic E-state index is 13.1. The highest BCUT2D eigenvalue weighted by Gasteiger charge is 2.15. The van der Waals surface area contributed by atoms with Crippen LogP contribution < -0.4 is 5.56 Å². The Morgan fingerprint density at radius 3 is 2.73 bits per heavy atom. The standard InChI is InChI=1S/C22H19BrN4O3/c1-3-20-25-18-9-8-14(23)10-16(18)22(30)27(20)24-11-17-13(2)26(12-21(28)29)19-7-5-4-6-15(17)19/h4-11H,3,12H2,1-2H3,(H,28,29). The summed E-state index contributed by atoms with van der Waals surface area (Å²) in [6.07, 6.45) is 2.15. The van der Waals surface area contributed by atoms with Crippen molar-refractivity contribution in [1.82, 2.24) is 14.2 Å². The summed E-state index contributed by atoms with van der Waals surface area (Å²) < 4.78 is 3.84. The average Bonchev–Trinajstić information content (AvgIpc) is 2.98. The van der Waals surface area contributed by atoms with Crippen LogP contribution in [0.5, 0.6) is 0 Å². The van der Waals surface area contributed by atoms with E-state index in [-0.39, 0.29) is 12.1 Å². The van der Waals surface area contributed by atoms with E-state index in [1.54, 1.807) is 22.9 Å². The number of aryl methyl sites for hydroxylation is 1. The van der Waals surface area contributed by atoms with Crippen LogP contribution in [0.3, 0.4) is 0 Å². The maximum Gasteiger partial charge on any atom is 0.323 e. The zero-order chi connectivity index (χ0) is 21.4. The van der Waals surface area contributed by atoms with Gasteiger partial charge < -0.3 is 9.67 Å². The second-order valence-electron chi connectivity index (χ2n) is 6.90. The Morgan fingerprint density at radius 1 is 1.23 bits per heavy atom. The van der Waals surface area contributed by atoms with Gasteiger partial charge in [-0.15, -0.1) is 0 Å². The van der Waals surface area contributed by atoms with Gasteiger partial charge in [0.1, 0.15) is 12.4 Å². The summed E-state index contributed by atoms with van der Waals surface area (Å²) in [5.74, 6) is -0.367. The molecule has 0 aliphatic rings. The number of carboxylic acids is 1. The summed E-state index contributed by atoms with van der Waals surface area (Å²) in [6.45, 7) is 3.62. The lowest BCUT2D eigenvalue weighted by Crippen LogP contribution is -2.22. The maximum atomic E-state index is 13.1. The molecule has 0 atom stereocenters. The van der Waals surface area contributed by atoms with Crippen molar-refractivity contribution in [3.63, 3.8) is 0 Å². The van der Waals surface area contributed by atoms with Crippen LogP contribution in [0.4, 0.5) is 0 Å². The van der Waals surface area contributed by atoms with Gasteiger partial charge >= 0.3 is 5.97 Å². The third-order valence-corrected chi connectivity index (χ3v) is 5.56. The minimum Gasteiger partial charge on any atom is -0.480 e. The zero-order valence-electron chi connectivity index (χ0n) is 16.5. The van der Waals surface area contributed by atoms with Gasteiger partial charge in [-0.05, 0) is 31.2 Å². The van der Waals surface area contributed by atoms with Crippen molar-refractivity contribution in [1.29, 1.82) is 0 Å². The molecule has 0 radical (unpaired) electrons. The fourth-order valence-electron chi connectivity index (χ4n) is 3.62. The number of rotatable bonds is 5. The molecule has 4 rings (SSSR count). The van der Waals surface area contributed by atoms with Gasteiger partial charge in [-0.1, -0.05) is 41.1 Å². The van der Waals surface area contributed by atoms with E-state index in [1.165, 1.54) is 4.68 Å². The topological polar surface area (TPSA) is 89.5 Å². The van der Waals surface area contributed by atoms with E-state index in [9.17, 15) is 14.7 Å². The Hall–Kier alpha value is -3.26. The highest BCUT2D eigenvalue weighted by Crippen LogP contribution is 2.24. The number of para-hydroxylation sites is 1. The summed E-state index contributed by atoms with van der Waals surface area (Å²) in [7, 11) is 0. The van der Waals surface area contributed by atoms with Crippen molar-refractivity contribution in [2.45, 2.75) is 26.8 Å². The Bertz CT molecular complexity index is 1380. The molecule has 0 spiro atoms. The SMILES string of the molecule is CCc1nc2ccc(Br)cc2c(=O)n1N=Cc1c(C)n(CC(=O)O)c2ccccc12. The molecule has 30 heavy (non-hydrogen) atoms. The molecule has 2 aromatic heterocycles. The second kappa shape index (κ2) is 7.87. The van der Waals surface area contributed by atoms with Crippen LogP contribution in [0, 0.1) is 6.92 Å². The number of hydrogen-bond donors (Lipinski definition) is 1. The van der Waals surface area contributed by atoms with Crippen LogP contribution in [0.25, 0.3) is 21.8 Å². The number of hydrogen-bond acceptors (Lipinski definition) is 4. The van der Waals surface area contributed by atoms with Crippen molar-refractivity contribution in [2.24, 2.45) is 5.10 Å². The summed E-state index contributed by atoms with van der Waals surface area (Å²) in [4.78, 5) is 29.0. The number of nitrogens with zero attached hydrogens (tertiary/aromatic N) is 4. The first-order chi connectivity index (χ1) is 14.4. The molecule has 152 valence electrons. The molecule has 0 aliphatic heterocycles. The number of aliphatic carboxylic acids is 1. The third-order valence-electron chi connectivity index (χ3n) is 5.07. The van der Waals surface area contributed by atoms with Crippen molar-refractivity contribution in [3.8, 4) is 0 Å². The van der Waals surface area contributed by atoms with Crippen LogP contribution in [0.1, 0.15) is 24.0 Å².